The first kappa shape index (κ1) is 13.9. The Morgan fingerprint density at radius 2 is 1.95 bits per heavy atom. The van der Waals surface area contributed by atoms with Crippen molar-refractivity contribution in [1.29, 1.82) is 0 Å². The summed E-state index contributed by atoms with van der Waals surface area (Å²) < 4.78 is 5.40. The lowest BCUT2D eigenvalue weighted by Gasteiger charge is -2.28. The SMILES string of the molecule is CC(C)(C)OC(=O)N1C[C@H](O)C[C@H]1c1ccccc1. The van der Waals surface area contributed by atoms with E-state index in [1.54, 1.807) is 4.90 Å². The second kappa shape index (κ2) is 5.21. The summed E-state index contributed by atoms with van der Waals surface area (Å²) in [7, 11) is 0. The molecule has 2 atom stereocenters. The molecule has 1 N–H and O–H groups in total. The predicted molar refractivity (Wildman–Crippen MR) is 72.7 cm³/mol. The normalized spacial score (nSPS) is 23.5. The molecule has 1 aliphatic heterocycles. The molecule has 0 aromatic heterocycles. The van der Waals surface area contributed by atoms with Crippen molar-refractivity contribution in [2.45, 2.75) is 44.9 Å². The number of nitrogens with zero attached hydrogens (tertiary/aromatic N) is 1. The summed E-state index contributed by atoms with van der Waals surface area (Å²) in [5.41, 5.74) is 0.510. The highest BCUT2D eigenvalue weighted by Crippen LogP contribution is 2.33. The van der Waals surface area contributed by atoms with E-state index >= 15 is 0 Å². The molecular weight excluding hydrogens is 242 g/mol. The van der Waals surface area contributed by atoms with Gasteiger partial charge < -0.3 is 9.84 Å². The highest BCUT2D eigenvalue weighted by molar-refractivity contribution is 5.69. The number of aliphatic hydroxyl groups excluding tert-OH is 1. The number of carbonyl (C=O) groups is 1. The lowest BCUT2D eigenvalue weighted by atomic mass is 10.0. The van der Waals surface area contributed by atoms with Gasteiger partial charge in [0, 0.05) is 0 Å². The molecule has 104 valence electrons. The number of aliphatic hydroxyl groups is 1. The molecule has 0 bridgehead atoms. The van der Waals surface area contributed by atoms with E-state index in [2.05, 4.69) is 0 Å². The minimum absolute atomic E-state index is 0.106. The van der Waals surface area contributed by atoms with Gasteiger partial charge >= 0.3 is 6.09 Å². The average molecular weight is 263 g/mol. The molecule has 0 radical (unpaired) electrons. The van der Waals surface area contributed by atoms with Crippen LogP contribution in [0.2, 0.25) is 0 Å². The Bertz CT molecular complexity index is 438. The third-order valence-corrected chi connectivity index (χ3v) is 3.09. The maximum Gasteiger partial charge on any atom is 0.410 e. The van der Waals surface area contributed by atoms with Crippen molar-refractivity contribution >= 4 is 6.09 Å². The number of ether oxygens (including phenoxy) is 1. The van der Waals surface area contributed by atoms with Gasteiger partial charge in [-0.15, -0.1) is 0 Å². The quantitative estimate of drug-likeness (QED) is 0.847. The summed E-state index contributed by atoms with van der Waals surface area (Å²) in [6.07, 6.45) is -0.292. The van der Waals surface area contributed by atoms with Gasteiger partial charge in [-0.3, -0.25) is 4.90 Å². The van der Waals surface area contributed by atoms with Crippen LogP contribution >= 0.6 is 0 Å². The summed E-state index contributed by atoms with van der Waals surface area (Å²) in [5, 5.41) is 9.83. The molecule has 1 aliphatic rings. The van der Waals surface area contributed by atoms with Crippen molar-refractivity contribution in [3.8, 4) is 0 Å². The fourth-order valence-corrected chi connectivity index (χ4v) is 2.33. The monoisotopic (exact) mass is 263 g/mol. The largest absolute Gasteiger partial charge is 0.444 e. The molecular formula is C15H21NO3. The molecule has 2 rings (SSSR count). The Balaban J connectivity index is 2.16. The molecule has 0 spiro atoms. The second-order valence-corrected chi connectivity index (χ2v) is 5.95. The van der Waals surface area contributed by atoms with Crippen molar-refractivity contribution in [3.05, 3.63) is 35.9 Å². The van der Waals surface area contributed by atoms with Crippen molar-refractivity contribution in [3.63, 3.8) is 0 Å². The maximum absolute atomic E-state index is 12.2. The number of hydrogen-bond acceptors (Lipinski definition) is 3. The van der Waals surface area contributed by atoms with Crippen LogP contribution in [-0.2, 0) is 4.74 Å². The zero-order valence-corrected chi connectivity index (χ0v) is 11.7. The smallest absolute Gasteiger partial charge is 0.410 e. The predicted octanol–water partition coefficient (Wildman–Crippen LogP) is 2.73. The van der Waals surface area contributed by atoms with Crippen LogP contribution in [0.3, 0.4) is 0 Å². The molecule has 1 aromatic carbocycles. The summed E-state index contributed by atoms with van der Waals surface area (Å²) in [5.74, 6) is 0. The molecule has 1 saturated heterocycles. The van der Waals surface area contributed by atoms with Gasteiger partial charge in [-0.25, -0.2) is 4.79 Å². The van der Waals surface area contributed by atoms with Crippen LogP contribution in [0.25, 0.3) is 0 Å². The number of β-amino-alcohol motifs (C(OH)–C–C–N with tert-alkyl or cyclic N) is 1. The van der Waals surface area contributed by atoms with Crippen LogP contribution in [0.15, 0.2) is 30.3 Å². The van der Waals surface area contributed by atoms with Crippen LogP contribution in [-0.4, -0.2) is 34.3 Å². The first-order valence-electron chi connectivity index (χ1n) is 6.59. The Labute approximate surface area is 114 Å². The third kappa shape index (κ3) is 3.47. The standard InChI is InChI=1S/C15H21NO3/c1-15(2,3)19-14(18)16-10-12(17)9-13(16)11-7-5-4-6-8-11/h4-8,12-13,17H,9-10H2,1-3H3/t12-,13+/m1/s1. The van der Waals surface area contributed by atoms with E-state index in [0.717, 1.165) is 5.56 Å². The third-order valence-electron chi connectivity index (χ3n) is 3.09. The van der Waals surface area contributed by atoms with E-state index in [-0.39, 0.29) is 12.1 Å². The number of likely N-dealkylation sites (tertiary alicyclic amines) is 1. The van der Waals surface area contributed by atoms with Crippen LogP contribution < -0.4 is 0 Å². The lowest BCUT2D eigenvalue weighted by molar-refractivity contribution is 0.0206. The molecule has 0 aliphatic carbocycles. The second-order valence-electron chi connectivity index (χ2n) is 5.95. The van der Waals surface area contributed by atoms with Crippen molar-refractivity contribution in [2.24, 2.45) is 0 Å². The highest BCUT2D eigenvalue weighted by Gasteiger charge is 2.37. The molecule has 0 unspecified atom stereocenters. The van der Waals surface area contributed by atoms with Crippen molar-refractivity contribution < 1.29 is 14.6 Å². The molecule has 4 heteroatoms. The summed E-state index contributed by atoms with van der Waals surface area (Å²) >= 11 is 0. The van der Waals surface area contributed by atoms with Gasteiger partial charge in [0.05, 0.1) is 18.7 Å². The Kier molecular flexibility index (Phi) is 3.80. The zero-order chi connectivity index (χ0) is 14.0. The average Bonchev–Trinajstić information content (AvgIpc) is 2.70. The Hall–Kier alpha value is -1.55. The highest BCUT2D eigenvalue weighted by atomic mass is 16.6. The van der Waals surface area contributed by atoms with Gasteiger partial charge in [-0.1, -0.05) is 30.3 Å². The summed E-state index contributed by atoms with van der Waals surface area (Å²) in [4.78, 5) is 13.8. The summed E-state index contributed by atoms with van der Waals surface area (Å²) in [6, 6.07) is 9.65. The van der Waals surface area contributed by atoms with E-state index in [1.165, 1.54) is 0 Å². The first-order chi connectivity index (χ1) is 8.87. The van der Waals surface area contributed by atoms with Gasteiger partial charge in [-0.2, -0.15) is 0 Å². The number of amides is 1. The fourth-order valence-electron chi connectivity index (χ4n) is 2.33. The van der Waals surface area contributed by atoms with Crippen LogP contribution in [0.4, 0.5) is 4.79 Å². The molecule has 0 saturated carbocycles. The van der Waals surface area contributed by atoms with E-state index in [0.29, 0.717) is 13.0 Å². The van der Waals surface area contributed by atoms with Gasteiger partial charge in [0.15, 0.2) is 0 Å². The zero-order valence-electron chi connectivity index (χ0n) is 11.7. The number of carbonyl (C=O) groups excluding carboxylic acids is 1. The number of hydrogen-bond donors (Lipinski definition) is 1. The van der Waals surface area contributed by atoms with Crippen LogP contribution in [0.1, 0.15) is 38.8 Å². The molecule has 1 fully saturated rings. The van der Waals surface area contributed by atoms with E-state index < -0.39 is 11.7 Å². The lowest BCUT2D eigenvalue weighted by Crippen LogP contribution is -2.37. The van der Waals surface area contributed by atoms with Gasteiger partial charge in [0.1, 0.15) is 5.60 Å². The van der Waals surface area contributed by atoms with Crippen LogP contribution in [0.5, 0.6) is 0 Å². The molecule has 4 nitrogen and oxygen atoms in total. The molecule has 1 heterocycles. The minimum Gasteiger partial charge on any atom is -0.444 e. The van der Waals surface area contributed by atoms with Gasteiger partial charge in [-0.05, 0) is 32.8 Å². The Morgan fingerprint density at radius 1 is 1.32 bits per heavy atom. The maximum atomic E-state index is 12.2. The van der Waals surface area contributed by atoms with Crippen molar-refractivity contribution in [2.75, 3.05) is 6.54 Å². The van der Waals surface area contributed by atoms with Crippen molar-refractivity contribution in [1.82, 2.24) is 4.90 Å². The minimum atomic E-state index is -0.522. The van der Waals surface area contributed by atoms with Gasteiger partial charge in [0.2, 0.25) is 0 Å². The topological polar surface area (TPSA) is 49.8 Å². The number of benzene rings is 1. The van der Waals surface area contributed by atoms with E-state index in [9.17, 15) is 9.90 Å². The summed E-state index contributed by atoms with van der Waals surface area (Å²) in [6.45, 7) is 5.85. The van der Waals surface area contributed by atoms with E-state index in [1.807, 2.05) is 51.1 Å². The first-order valence-corrected chi connectivity index (χ1v) is 6.59. The molecule has 1 aromatic rings. The molecule has 19 heavy (non-hydrogen) atoms. The van der Waals surface area contributed by atoms with Gasteiger partial charge in [0.25, 0.3) is 0 Å². The fraction of sp³-hybridized carbons (Fsp3) is 0.533. The molecule has 1 amide bonds. The Morgan fingerprint density at radius 3 is 2.53 bits per heavy atom. The van der Waals surface area contributed by atoms with Crippen LogP contribution in [0, 0.1) is 0 Å². The van der Waals surface area contributed by atoms with E-state index in [4.69, 9.17) is 4.74 Å². The number of rotatable bonds is 1.